The molecule has 0 aromatic carbocycles. The summed E-state index contributed by atoms with van der Waals surface area (Å²) < 4.78 is 0. The average Bonchev–Trinajstić information content (AvgIpc) is 2.71. The van der Waals surface area contributed by atoms with Gasteiger partial charge in [-0.3, -0.25) is 9.69 Å². The molecule has 86 valence electrons. The summed E-state index contributed by atoms with van der Waals surface area (Å²) in [7, 11) is 0. The van der Waals surface area contributed by atoms with Crippen LogP contribution in [0.1, 0.15) is 20.3 Å². The van der Waals surface area contributed by atoms with E-state index in [9.17, 15) is 4.79 Å². The fourth-order valence-corrected chi connectivity index (χ4v) is 3.93. The van der Waals surface area contributed by atoms with Crippen molar-refractivity contribution in [3.8, 4) is 0 Å². The van der Waals surface area contributed by atoms with Crippen LogP contribution in [0.2, 0.25) is 0 Å². The van der Waals surface area contributed by atoms with E-state index in [2.05, 4.69) is 18.7 Å². The van der Waals surface area contributed by atoms with Crippen molar-refractivity contribution in [3.05, 3.63) is 0 Å². The molecule has 0 aliphatic carbocycles. The second-order valence-electron chi connectivity index (χ2n) is 4.91. The van der Waals surface area contributed by atoms with Gasteiger partial charge >= 0.3 is 5.97 Å². The van der Waals surface area contributed by atoms with Crippen molar-refractivity contribution in [3.63, 3.8) is 0 Å². The first-order chi connectivity index (χ1) is 7.08. The molecule has 4 atom stereocenters. The molecule has 2 heterocycles. The molecular weight excluding hydrogens is 210 g/mol. The molecule has 4 heteroatoms. The van der Waals surface area contributed by atoms with Crippen molar-refractivity contribution >= 4 is 17.7 Å². The minimum absolute atomic E-state index is 0.147. The lowest BCUT2D eigenvalue weighted by Crippen LogP contribution is -2.34. The first-order valence-electron chi connectivity index (χ1n) is 5.66. The number of hydrogen-bond donors (Lipinski definition) is 1. The topological polar surface area (TPSA) is 40.5 Å². The van der Waals surface area contributed by atoms with Crippen molar-refractivity contribution in [2.24, 2.45) is 11.8 Å². The monoisotopic (exact) mass is 229 g/mol. The van der Waals surface area contributed by atoms with Crippen LogP contribution in [0.25, 0.3) is 0 Å². The molecule has 2 aliphatic rings. The molecule has 2 rings (SSSR count). The lowest BCUT2D eigenvalue weighted by Gasteiger charge is -2.22. The summed E-state index contributed by atoms with van der Waals surface area (Å²) in [4.78, 5) is 13.4. The molecule has 0 amide bonds. The van der Waals surface area contributed by atoms with Crippen LogP contribution in [-0.4, -0.2) is 46.1 Å². The van der Waals surface area contributed by atoms with Crippen LogP contribution in [0.4, 0.5) is 0 Å². The number of carbonyl (C=O) groups is 1. The van der Waals surface area contributed by atoms with Crippen LogP contribution in [0.5, 0.6) is 0 Å². The molecule has 0 aromatic rings. The molecule has 2 unspecified atom stereocenters. The zero-order valence-corrected chi connectivity index (χ0v) is 10.2. The molecule has 0 bridgehead atoms. The predicted octanol–water partition coefficient (Wildman–Crippen LogP) is 1.53. The molecule has 2 saturated heterocycles. The maximum atomic E-state index is 11.0. The van der Waals surface area contributed by atoms with Gasteiger partial charge < -0.3 is 5.11 Å². The molecule has 15 heavy (non-hydrogen) atoms. The highest BCUT2D eigenvalue weighted by Gasteiger charge is 2.39. The minimum atomic E-state index is -0.622. The van der Waals surface area contributed by atoms with Gasteiger partial charge in [-0.15, -0.1) is 0 Å². The van der Waals surface area contributed by atoms with Crippen LogP contribution in [0, 0.1) is 11.8 Å². The van der Waals surface area contributed by atoms with Crippen molar-refractivity contribution in [2.45, 2.75) is 31.6 Å². The molecule has 0 aromatic heterocycles. The predicted molar refractivity (Wildman–Crippen MR) is 62.2 cm³/mol. The number of nitrogens with zero attached hydrogens (tertiary/aromatic N) is 1. The van der Waals surface area contributed by atoms with Gasteiger partial charge in [0.1, 0.15) is 0 Å². The van der Waals surface area contributed by atoms with Gasteiger partial charge in [-0.2, -0.15) is 11.8 Å². The van der Waals surface area contributed by atoms with Crippen LogP contribution in [0.15, 0.2) is 0 Å². The van der Waals surface area contributed by atoms with E-state index in [4.69, 9.17) is 5.11 Å². The second kappa shape index (κ2) is 4.34. The Balaban J connectivity index is 1.94. The normalized spacial score (nSPS) is 42.3. The Morgan fingerprint density at radius 1 is 1.40 bits per heavy atom. The first-order valence-corrected chi connectivity index (χ1v) is 6.71. The number of carboxylic acids is 1. The largest absolute Gasteiger partial charge is 0.481 e. The third-order valence-corrected chi connectivity index (χ3v) is 4.99. The van der Waals surface area contributed by atoms with E-state index in [-0.39, 0.29) is 5.92 Å². The van der Waals surface area contributed by atoms with Crippen LogP contribution >= 0.6 is 11.8 Å². The highest BCUT2D eigenvalue weighted by molar-refractivity contribution is 8.00. The van der Waals surface area contributed by atoms with Crippen molar-refractivity contribution in [2.75, 3.05) is 18.8 Å². The fourth-order valence-electron chi connectivity index (χ4n) is 2.67. The number of thioether (sulfide) groups is 1. The molecule has 2 fully saturated rings. The molecular formula is C11H19NO2S. The molecule has 0 saturated carbocycles. The zero-order valence-electron chi connectivity index (χ0n) is 9.35. The van der Waals surface area contributed by atoms with Gasteiger partial charge in [0.2, 0.25) is 0 Å². The number of hydrogen-bond acceptors (Lipinski definition) is 3. The summed E-state index contributed by atoms with van der Waals surface area (Å²) in [6.07, 6.45) is 1.23. The average molecular weight is 229 g/mol. The summed E-state index contributed by atoms with van der Waals surface area (Å²) in [5.41, 5.74) is 0. The van der Waals surface area contributed by atoms with Gasteiger partial charge in [-0.25, -0.2) is 0 Å². The van der Waals surface area contributed by atoms with Crippen LogP contribution < -0.4 is 0 Å². The van der Waals surface area contributed by atoms with Gasteiger partial charge in [0.25, 0.3) is 0 Å². The summed E-state index contributed by atoms with van der Waals surface area (Å²) in [5.74, 6) is 0.721. The number of likely N-dealkylation sites (tertiary alicyclic amines) is 1. The maximum absolute atomic E-state index is 11.0. The van der Waals surface area contributed by atoms with Gasteiger partial charge in [0, 0.05) is 30.1 Å². The Bertz CT molecular complexity index is 259. The Morgan fingerprint density at radius 2 is 2.13 bits per heavy atom. The Morgan fingerprint density at radius 3 is 2.60 bits per heavy atom. The van der Waals surface area contributed by atoms with E-state index in [0.29, 0.717) is 12.0 Å². The third-order valence-electron chi connectivity index (χ3n) is 3.65. The van der Waals surface area contributed by atoms with E-state index in [1.807, 2.05) is 11.8 Å². The van der Waals surface area contributed by atoms with Crippen molar-refractivity contribution < 1.29 is 9.90 Å². The van der Waals surface area contributed by atoms with E-state index in [0.717, 1.165) is 18.3 Å². The van der Waals surface area contributed by atoms with Gasteiger partial charge in [-0.1, -0.05) is 13.8 Å². The van der Waals surface area contributed by atoms with Crippen LogP contribution in [0.3, 0.4) is 0 Å². The third kappa shape index (κ3) is 2.31. The summed E-state index contributed by atoms with van der Waals surface area (Å²) in [5, 5.41) is 9.81. The summed E-state index contributed by atoms with van der Waals surface area (Å²) in [6, 6.07) is 0.622. The highest BCUT2D eigenvalue weighted by atomic mass is 32.2. The van der Waals surface area contributed by atoms with E-state index in [1.165, 1.54) is 12.2 Å². The Hall–Kier alpha value is -0.220. The van der Waals surface area contributed by atoms with E-state index < -0.39 is 5.97 Å². The molecule has 3 nitrogen and oxygen atoms in total. The highest BCUT2D eigenvalue weighted by Crippen LogP contribution is 2.34. The molecule has 1 N–H and O–H groups in total. The zero-order chi connectivity index (χ0) is 11.0. The van der Waals surface area contributed by atoms with Gasteiger partial charge in [0.15, 0.2) is 0 Å². The van der Waals surface area contributed by atoms with Gasteiger partial charge in [0.05, 0.1) is 5.92 Å². The smallest absolute Gasteiger partial charge is 0.308 e. The SMILES string of the molecule is CC1CC(N2C[C@@H](C)[C@H](C(=O)O)C2)CS1. The maximum Gasteiger partial charge on any atom is 0.308 e. The fraction of sp³-hybridized carbons (Fsp3) is 0.909. The minimum Gasteiger partial charge on any atom is -0.481 e. The lowest BCUT2D eigenvalue weighted by atomic mass is 9.99. The lowest BCUT2D eigenvalue weighted by molar-refractivity contribution is -0.142. The quantitative estimate of drug-likeness (QED) is 0.779. The van der Waals surface area contributed by atoms with Crippen molar-refractivity contribution in [1.29, 1.82) is 0 Å². The van der Waals surface area contributed by atoms with Crippen LogP contribution in [-0.2, 0) is 4.79 Å². The molecule has 0 radical (unpaired) electrons. The Kier molecular flexibility index (Phi) is 3.26. The Labute approximate surface area is 95.2 Å². The summed E-state index contributed by atoms with van der Waals surface area (Å²) >= 11 is 2.01. The standard InChI is InChI=1S/C11H19NO2S/c1-7-4-12(5-10(7)11(13)14)9-3-8(2)15-6-9/h7-10H,3-6H2,1-2H3,(H,13,14)/t7-,8?,9?,10-/m1/s1. The van der Waals surface area contributed by atoms with Crippen molar-refractivity contribution in [1.82, 2.24) is 4.90 Å². The second-order valence-corrected chi connectivity index (χ2v) is 6.38. The number of aliphatic carboxylic acids is 1. The molecule has 0 spiro atoms. The summed E-state index contributed by atoms with van der Waals surface area (Å²) in [6.45, 7) is 6.05. The van der Waals surface area contributed by atoms with E-state index in [1.54, 1.807) is 0 Å². The van der Waals surface area contributed by atoms with Gasteiger partial charge in [-0.05, 0) is 12.3 Å². The first kappa shape index (κ1) is 11.3. The number of rotatable bonds is 2. The van der Waals surface area contributed by atoms with E-state index >= 15 is 0 Å². The number of carboxylic acid groups (broad SMARTS) is 1. The molecule has 2 aliphatic heterocycles.